The number of imidazole rings is 1. The predicted molar refractivity (Wildman–Crippen MR) is 147 cm³/mol. The van der Waals surface area contributed by atoms with Crippen molar-refractivity contribution < 1.29 is 32.3 Å². The number of aromatic amines is 1. The Bertz CT molecular complexity index is 1660. The molecule has 5 N–H and O–H groups in total. The number of halogens is 3. The number of fused-ring (bicyclic) bond motifs is 1. The third kappa shape index (κ3) is 5.99. The number of carbonyl (C=O) groups is 3. The molecule has 0 saturated carbocycles. The van der Waals surface area contributed by atoms with Gasteiger partial charge in [-0.05, 0) is 31.4 Å². The second-order valence-corrected chi connectivity index (χ2v) is 9.83. The van der Waals surface area contributed by atoms with Crippen LogP contribution in [-0.4, -0.2) is 73.4 Å². The first-order valence-corrected chi connectivity index (χ1v) is 13.4. The van der Waals surface area contributed by atoms with Crippen LogP contribution >= 0.6 is 0 Å². The summed E-state index contributed by atoms with van der Waals surface area (Å²) in [7, 11) is 0. The van der Waals surface area contributed by atoms with E-state index in [1.165, 1.54) is 35.1 Å². The van der Waals surface area contributed by atoms with Crippen molar-refractivity contribution >= 4 is 35.4 Å². The number of ether oxygens (including phenoxy) is 1. The molecular weight excluding hydrogens is 571 g/mol. The number of rotatable bonds is 9. The molecule has 0 bridgehead atoms. The van der Waals surface area contributed by atoms with Crippen LogP contribution in [0.1, 0.15) is 41.4 Å². The molecule has 0 aliphatic carbocycles. The number of piperidine rings is 1. The third-order valence-electron chi connectivity index (χ3n) is 7.20. The molecule has 1 aliphatic rings. The quantitative estimate of drug-likeness (QED) is 0.211. The maximum absolute atomic E-state index is 13.5. The minimum atomic E-state index is -4.66. The molecule has 4 aromatic rings. The minimum absolute atomic E-state index is 0.0475. The number of benzene rings is 1. The molecule has 1 aliphatic heterocycles. The van der Waals surface area contributed by atoms with Gasteiger partial charge in [-0.1, -0.05) is 6.92 Å². The van der Waals surface area contributed by atoms with Gasteiger partial charge in [0.05, 0.1) is 35.9 Å². The maximum Gasteiger partial charge on any atom is 0.433 e. The van der Waals surface area contributed by atoms with Gasteiger partial charge in [0.25, 0.3) is 12.4 Å². The van der Waals surface area contributed by atoms with E-state index in [0.29, 0.717) is 31.5 Å². The van der Waals surface area contributed by atoms with Crippen LogP contribution in [0.25, 0.3) is 16.9 Å². The van der Waals surface area contributed by atoms with Crippen molar-refractivity contribution in [2.45, 2.75) is 38.4 Å². The first-order chi connectivity index (χ1) is 20.6. The van der Waals surface area contributed by atoms with Gasteiger partial charge in [-0.2, -0.15) is 18.3 Å². The normalized spacial score (nSPS) is 14.1. The molecular formula is C27H28F3N9O4. The van der Waals surface area contributed by atoms with Gasteiger partial charge < -0.3 is 26.0 Å². The summed E-state index contributed by atoms with van der Waals surface area (Å²) in [5, 5.41) is 11.2. The Morgan fingerprint density at radius 3 is 2.67 bits per heavy atom. The molecule has 2 amide bonds. The number of carbonyl (C=O) groups excluding carboxylic acids is 3. The Balaban J connectivity index is 1.41. The molecule has 1 fully saturated rings. The van der Waals surface area contributed by atoms with E-state index in [4.69, 9.17) is 10.5 Å². The molecule has 1 saturated heterocycles. The molecule has 5 rings (SSSR count). The number of nitrogens with one attached hydrogen (secondary N) is 3. The maximum atomic E-state index is 13.5. The van der Waals surface area contributed by atoms with Gasteiger partial charge in [0.1, 0.15) is 5.69 Å². The fourth-order valence-electron chi connectivity index (χ4n) is 5.02. The highest BCUT2D eigenvalue weighted by Gasteiger charge is 2.36. The molecule has 16 heteroatoms. The topological polar surface area (TPSA) is 173 Å². The lowest BCUT2D eigenvalue weighted by Crippen LogP contribution is -2.46. The fraction of sp³-hybridized carbons (Fsp3) is 0.333. The molecule has 0 unspecified atom stereocenters. The fourth-order valence-corrected chi connectivity index (χ4v) is 5.02. The zero-order chi connectivity index (χ0) is 30.7. The largest absolute Gasteiger partial charge is 0.433 e. The van der Waals surface area contributed by atoms with Crippen molar-refractivity contribution in [3.8, 4) is 17.0 Å². The number of alkyl halides is 3. The van der Waals surface area contributed by atoms with Crippen LogP contribution in [0, 0.1) is 0 Å². The van der Waals surface area contributed by atoms with Gasteiger partial charge >= 0.3 is 6.18 Å². The van der Waals surface area contributed by atoms with Crippen LogP contribution in [0.3, 0.4) is 0 Å². The van der Waals surface area contributed by atoms with E-state index in [1.54, 1.807) is 11.8 Å². The summed E-state index contributed by atoms with van der Waals surface area (Å²) in [4.78, 5) is 47.3. The average molecular weight is 600 g/mol. The number of likely N-dealkylation sites (tertiary alicyclic amines) is 1. The third-order valence-corrected chi connectivity index (χ3v) is 7.20. The van der Waals surface area contributed by atoms with Crippen molar-refractivity contribution in [3.63, 3.8) is 0 Å². The average Bonchev–Trinajstić information content (AvgIpc) is 3.65. The number of anilines is 2. The van der Waals surface area contributed by atoms with Gasteiger partial charge in [0.15, 0.2) is 17.2 Å². The van der Waals surface area contributed by atoms with E-state index in [-0.39, 0.29) is 71.1 Å². The van der Waals surface area contributed by atoms with Gasteiger partial charge in [-0.3, -0.25) is 23.9 Å². The Kier molecular flexibility index (Phi) is 8.29. The number of amides is 2. The molecule has 4 heterocycles. The van der Waals surface area contributed by atoms with Gasteiger partial charge in [-0.15, -0.1) is 0 Å². The molecule has 226 valence electrons. The summed E-state index contributed by atoms with van der Waals surface area (Å²) in [5.74, 6) is -0.559. The van der Waals surface area contributed by atoms with Crippen LogP contribution in [0.2, 0.25) is 0 Å². The molecule has 13 nitrogen and oxygen atoms in total. The van der Waals surface area contributed by atoms with E-state index in [0.717, 1.165) is 6.20 Å². The van der Waals surface area contributed by atoms with Gasteiger partial charge in [0, 0.05) is 42.7 Å². The highest BCUT2D eigenvalue weighted by Crippen LogP contribution is 2.37. The van der Waals surface area contributed by atoms with Gasteiger partial charge in [-0.25, -0.2) is 9.97 Å². The van der Waals surface area contributed by atoms with Crippen molar-refractivity contribution in [2.75, 3.05) is 25.0 Å². The Hall–Kier alpha value is -4.99. The molecule has 0 atom stereocenters. The lowest BCUT2D eigenvalue weighted by molar-refractivity contribution is -0.140. The van der Waals surface area contributed by atoms with E-state index in [1.807, 2.05) is 5.10 Å². The summed E-state index contributed by atoms with van der Waals surface area (Å²) < 4.78 is 47.1. The van der Waals surface area contributed by atoms with Crippen LogP contribution < -0.4 is 21.1 Å². The van der Waals surface area contributed by atoms with Crippen LogP contribution in [-0.2, 0) is 22.2 Å². The number of nitrogens with zero attached hydrogens (tertiary/aromatic N) is 5. The lowest BCUT2D eigenvalue weighted by Gasteiger charge is -2.30. The van der Waals surface area contributed by atoms with Crippen molar-refractivity contribution in [3.05, 3.63) is 53.7 Å². The smallest absolute Gasteiger partial charge is 0.426 e. The van der Waals surface area contributed by atoms with E-state index in [9.17, 15) is 27.6 Å². The summed E-state index contributed by atoms with van der Waals surface area (Å²) in [6.07, 6.45) is 2.14. The second kappa shape index (κ2) is 12.1. The summed E-state index contributed by atoms with van der Waals surface area (Å²) in [6, 6.07) is 3.07. The minimum Gasteiger partial charge on any atom is -0.426 e. The monoisotopic (exact) mass is 599 g/mol. The zero-order valence-electron chi connectivity index (χ0n) is 22.9. The first kappa shape index (κ1) is 29.5. The number of aromatic nitrogens is 5. The Morgan fingerprint density at radius 1 is 1.21 bits per heavy atom. The molecule has 3 aromatic heterocycles. The molecule has 0 spiro atoms. The van der Waals surface area contributed by atoms with Crippen LogP contribution in [0.15, 0.2) is 36.9 Å². The number of hydrogen-bond donors (Lipinski definition) is 4. The SMILES string of the molecule is CCc1c(C(=O)NCC(=O)N2CCC(N)CC2)ccc(Nc2nccn3c(-c4cn[nH]c4C(F)(F)F)cnc23)c1OC=O. The predicted octanol–water partition coefficient (Wildman–Crippen LogP) is 2.66. The highest BCUT2D eigenvalue weighted by atomic mass is 19.4. The lowest BCUT2D eigenvalue weighted by atomic mass is 10.0. The van der Waals surface area contributed by atoms with E-state index >= 15 is 0 Å². The molecule has 1 aromatic carbocycles. The number of H-pyrrole nitrogens is 1. The summed E-state index contributed by atoms with van der Waals surface area (Å²) in [6.45, 7) is 2.82. The van der Waals surface area contributed by atoms with Crippen molar-refractivity contribution in [1.82, 2.24) is 34.8 Å². The van der Waals surface area contributed by atoms with Gasteiger partial charge in [0.2, 0.25) is 5.91 Å². The molecule has 0 radical (unpaired) electrons. The Morgan fingerprint density at radius 2 is 1.98 bits per heavy atom. The van der Waals surface area contributed by atoms with E-state index in [2.05, 4.69) is 25.7 Å². The molecule has 43 heavy (non-hydrogen) atoms. The first-order valence-electron chi connectivity index (χ1n) is 13.4. The highest BCUT2D eigenvalue weighted by molar-refractivity contribution is 5.99. The number of nitrogens with two attached hydrogens (primary N) is 1. The zero-order valence-corrected chi connectivity index (χ0v) is 22.9. The Labute approximate surface area is 242 Å². The van der Waals surface area contributed by atoms with Crippen molar-refractivity contribution in [2.24, 2.45) is 5.73 Å². The standard InChI is InChI=1S/C27H28F3N9O4/c1-2-16-17(26(42)34-13-21(41)38-8-5-15(31)6-9-38)3-4-19(22(16)43-14-40)36-24-25-33-12-20(39(25)10-7-32-24)18-11-35-37-23(18)27(28,29)30/h3-4,7,10-12,14-15H,2,5-6,8-9,13,31H2,1H3,(H,32,36)(H,34,42)(H,35,37). The summed E-state index contributed by atoms with van der Waals surface area (Å²) >= 11 is 0. The number of hydrogen-bond acceptors (Lipinski definition) is 9. The summed E-state index contributed by atoms with van der Waals surface area (Å²) in [5.41, 5.74) is 5.81. The van der Waals surface area contributed by atoms with E-state index < -0.39 is 17.8 Å². The second-order valence-electron chi connectivity index (χ2n) is 9.83. The van der Waals surface area contributed by atoms with Crippen LogP contribution in [0.5, 0.6) is 5.75 Å². The van der Waals surface area contributed by atoms with Crippen LogP contribution in [0.4, 0.5) is 24.7 Å². The van der Waals surface area contributed by atoms with Crippen molar-refractivity contribution in [1.29, 1.82) is 0 Å².